The highest BCUT2D eigenvalue weighted by Crippen LogP contribution is 2.13. The Labute approximate surface area is 108 Å². The van der Waals surface area contributed by atoms with E-state index in [2.05, 4.69) is 5.32 Å². The summed E-state index contributed by atoms with van der Waals surface area (Å²) in [6.45, 7) is 0.290. The standard InChI is InChI=1S/C12H9Cl2NO2/c13-9-3-1-2-8(6-9)12(16)15-7-10-4-5-11(14)17-10/h1-6H,7H2,(H,15,16). The third-order valence-corrected chi connectivity index (χ3v) is 2.58. The molecule has 0 unspecified atom stereocenters. The molecule has 0 aliphatic heterocycles. The highest BCUT2D eigenvalue weighted by Gasteiger charge is 2.07. The van der Waals surface area contributed by atoms with Crippen LogP contribution in [0, 0.1) is 0 Å². The van der Waals surface area contributed by atoms with Gasteiger partial charge in [-0.25, -0.2) is 0 Å². The van der Waals surface area contributed by atoms with Crippen molar-refractivity contribution in [1.29, 1.82) is 0 Å². The van der Waals surface area contributed by atoms with E-state index in [0.717, 1.165) is 0 Å². The number of halogens is 2. The summed E-state index contributed by atoms with van der Waals surface area (Å²) in [5.41, 5.74) is 0.509. The van der Waals surface area contributed by atoms with E-state index in [4.69, 9.17) is 27.6 Å². The van der Waals surface area contributed by atoms with Crippen molar-refractivity contribution < 1.29 is 9.21 Å². The van der Waals surface area contributed by atoms with Crippen LogP contribution in [0.4, 0.5) is 0 Å². The predicted octanol–water partition coefficient (Wildman–Crippen LogP) is 3.52. The number of nitrogens with one attached hydrogen (secondary N) is 1. The molecule has 2 aromatic rings. The van der Waals surface area contributed by atoms with E-state index in [1.165, 1.54) is 0 Å². The summed E-state index contributed by atoms with van der Waals surface area (Å²) in [5.74, 6) is 0.394. The molecule has 0 saturated heterocycles. The molecule has 0 bridgehead atoms. The van der Waals surface area contributed by atoms with Gasteiger partial charge < -0.3 is 9.73 Å². The number of amides is 1. The zero-order chi connectivity index (χ0) is 12.3. The number of carbonyl (C=O) groups is 1. The van der Waals surface area contributed by atoms with Crippen LogP contribution >= 0.6 is 23.2 Å². The second-order valence-electron chi connectivity index (χ2n) is 3.40. The lowest BCUT2D eigenvalue weighted by atomic mass is 10.2. The monoisotopic (exact) mass is 269 g/mol. The molecule has 0 atom stereocenters. The molecule has 2 rings (SSSR count). The van der Waals surface area contributed by atoms with Crippen LogP contribution in [-0.4, -0.2) is 5.91 Å². The zero-order valence-corrected chi connectivity index (χ0v) is 10.3. The SMILES string of the molecule is O=C(NCc1ccc(Cl)o1)c1cccc(Cl)c1. The van der Waals surface area contributed by atoms with Crippen LogP contribution in [-0.2, 0) is 6.54 Å². The van der Waals surface area contributed by atoms with Crippen molar-refractivity contribution in [1.82, 2.24) is 5.32 Å². The molecule has 1 aromatic heterocycles. The molecule has 0 aliphatic carbocycles. The minimum atomic E-state index is -0.208. The number of rotatable bonds is 3. The van der Waals surface area contributed by atoms with Crippen molar-refractivity contribution in [3.63, 3.8) is 0 Å². The van der Waals surface area contributed by atoms with Crippen molar-refractivity contribution in [2.24, 2.45) is 0 Å². The summed E-state index contributed by atoms with van der Waals surface area (Å²) in [5, 5.41) is 3.54. The molecule has 1 amide bonds. The molecule has 0 spiro atoms. The van der Waals surface area contributed by atoms with Gasteiger partial charge in [-0.2, -0.15) is 0 Å². The quantitative estimate of drug-likeness (QED) is 0.927. The lowest BCUT2D eigenvalue weighted by Gasteiger charge is -2.03. The number of hydrogen-bond donors (Lipinski definition) is 1. The molecule has 1 aromatic carbocycles. The molecule has 5 heteroatoms. The molecule has 1 N–H and O–H groups in total. The molecule has 17 heavy (non-hydrogen) atoms. The number of carbonyl (C=O) groups excluding carboxylic acids is 1. The minimum Gasteiger partial charge on any atom is -0.448 e. The van der Waals surface area contributed by atoms with Crippen LogP contribution in [0.2, 0.25) is 10.2 Å². The second kappa shape index (κ2) is 5.25. The Bertz CT molecular complexity index is 537. The Morgan fingerprint density at radius 1 is 1.24 bits per heavy atom. The molecule has 0 fully saturated rings. The van der Waals surface area contributed by atoms with Crippen LogP contribution in [0.15, 0.2) is 40.8 Å². The van der Waals surface area contributed by atoms with E-state index in [9.17, 15) is 4.79 Å². The van der Waals surface area contributed by atoms with E-state index in [0.29, 0.717) is 21.6 Å². The van der Waals surface area contributed by atoms with Crippen molar-refractivity contribution in [2.45, 2.75) is 6.54 Å². The van der Waals surface area contributed by atoms with Gasteiger partial charge in [0.25, 0.3) is 5.91 Å². The Kier molecular flexibility index (Phi) is 3.71. The average Bonchev–Trinajstić information content (AvgIpc) is 2.72. The summed E-state index contributed by atoms with van der Waals surface area (Å²) in [6, 6.07) is 10.1. The highest BCUT2D eigenvalue weighted by molar-refractivity contribution is 6.31. The Morgan fingerprint density at radius 2 is 2.06 bits per heavy atom. The predicted molar refractivity (Wildman–Crippen MR) is 66.3 cm³/mol. The van der Waals surface area contributed by atoms with Crippen LogP contribution in [0.3, 0.4) is 0 Å². The van der Waals surface area contributed by atoms with E-state index in [-0.39, 0.29) is 12.5 Å². The van der Waals surface area contributed by atoms with Crippen molar-refractivity contribution in [3.05, 3.63) is 58.0 Å². The second-order valence-corrected chi connectivity index (χ2v) is 4.21. The van der Waals surface area contributed by atoms with E-state index in [1.807, 2.05) is 0 Å². The van der Waals surface area contributed by atoms with Gasteiger partial charge in [0.2, 0.25) is 0 Å². The minimum absolute atomic E-state index is 0.208. The normalized spacial score (nSPS) is 10.2. The molecule has 0 aliphatic rings. The maximum absolute atomic E-state index is 11.7. The third kappa shape index (κ3) is 3.25. The summed E-state index contributed by atoms with van der Waals surface area (Å²) in [4.78, 5) is 11.7. The van der Waals surface area contributed by atoms with Crippen molar-refractivity contribution >= 4 is 29.1 Å². The molecule has 88 valence electrons. The molecule has 1 heterocycles. The first kappa shape index (κ1) is 12.0. The smallest absolute Gasteiger partial charge is 0.251 e. The summed E-state index contributed by atoms with van der Waals surface area (Å²) in [7, 11) is 0. The average molecular weight is 270 g/mol. The van der Waals surface area contributed by atoms with E-state index >= 15 is 0 Å². The first-order chi connectivity index (χ1) is 8.15. The van der Waals surface area contributed by atoms with Crippen molar-refractivity contribution in [2.75, 3.05) is 0 Å². The lowest BCUT2D eigenvalue weighted by Crippen LogP contribution is -2.22. The van der Waals surface area contributed by atoms with Gasteiger partial charge >= 0.3 is 0 Å². The van der Waals surface area contributed by atoms with Gasteiger partial charge in [0.1, 0.15) is 5.76 Å². The molecule has 3 nitrogen and oxygen atoms in total. The van der Waals surface area contributed by atoms with Crippen molar-refractivity contribution in [3.8, 4) is 0 Å². The summed E-state index contributed by atoms with van der Waals surface area (Å²) in [6.07, 6.45) is 0. The van der Waals surface area contributed by atoms with Gasteiger partial charge in [0, 0.05) is 10.6 Å². The maximum atomic E-state index is 11.7. The largest absolute Gasteiger partial charge is 0.448 e. The zero-order valence-electron chi connectivity index (χ0n) is 8.74. The van der Waals surface area contributed by atoms with Gasteiger partial charge in [-0.15, -0.1) is 0 Å². The van der Waals surface area contributed by atoms with E-state index in [1.54, 1.807) is 36.4 Å². The summed E-state index contributed by atoms with van der Waals surface area (Å²) < 4.78 is 5.12. The van der Waals surface area contributed by atoms with Gasteiger partial charge in [0.05, 0.1) is 6.54 Å². The fourth-order valence-corrected chi connectivity index (χ4v) is 1.70. The molecule has 0 radical (unpaired) electrons. The number of furan rings is 1. The first-order valence-electron chi connectivity index (χ1n) is 4.93. The highest BCUT2D eigenvalue weighted by atomic mass is 35.5. The first-order valence-corrected chi connectivity index (χ1v) is 5.69. The van der Waals surface area contributed by atoms with Crippen LogP contribution in [0.1, 0.15) is 16.1 Å². The number of hydrogen-bond acceptors (Lipinski definition) is 2. The van der Waals surface area contributed by atoms with Gasteiger partial charge in [-0.3, -0.25) is 4.79 Å². The van der Waals surface area contributed by atoms with E-state index < -0.39 is 0 Å². The van der Waals surface area contributed by atoms with Gasteiger partial charge in [-0.1, -0.05) is 17.7 Å². The Morgan fingerprint density at radius 3 is 2.71 bits per heavy atom. The van der Waals surface area contributed by atoms with Gasteiger partial charge in [-0.05, 0) is 41.9 Å². The molecular weight excluding hydrogens is 261 g/mol. The molecular formula is C12H9Cl2NO2. The molecule has 0 saturated carbocycles. The fourth-order valence-electron chi connectivity index (χ4n) is 1.35. The summed E-state index contributed by atoms with van der Waals surface area (Å²) >= 11 is 11.4. The number of benzene rings is 1. The third-order valence-electron chi connectivity index (χ3n) is 2.14. The topological polar surface area (TPSA) is 42.2 Å². The van der Waals surface area contributed by atoms with Gasteiger partial charge in [0.15, 0.2) is 5.22 Å². The fraction of sp³-hybridized carbons (Fsp3) is 0.0833. The van der Waals surface area contributed by atoms with Crippen LogP contribution in [0.25, 0.3) is 0 Å². The maximum Gasteiger partial charge on any atom is 0.251 e. The van der Waals surface area contributed by atoms with Crippen LogP contribution < -0.4 is 5.32 Å². The van der Waals surface area contributed by atoms with Crippen LogP contribution in [0.5, 0.6) is 0 Å². The lowest BCUT2D eigenvalue weighted by molar-refractivity contribution is 0.0948. The Balaban J connectivity index is 1.98. The Hall–Kier alpha value is -1.45.